The number of aliphatic hydroxyl groups excluding tert-OH is 1. The number of nitrogens with one attached hydrogen (secondary N) is 1. The molecule has 0 spiro atoms. The third-order valence-corrected chi connectivity index (χ3v) is 1.57. The molecule has 0 aliphatic carbocycles. The summed E-state index contributed by atoms with van der Waals surface area (Å²) in [4.78, 5) is 2.91. The van der Waals surface area contributed by atoms with Gasteiger partial charge in [-0.15, -0.1) is 0 Å². The van der Waals surface area contributed by atoms with Crippen LogP contribution in [0, 0.1) is 0 Å². The fourth-order valence-electron chi connectivity index (χ4n) is 0.984. The summed E-state index contributed by atoms with van der Waals surface area (Å²) < 4.78 is 0. The number of hydrogen-bond acceptors (Lipinski definition) is 1. The van der Waals surface area contributed by atoms with E-state index in [1.807, 2.05) is 18.5 Å². The predicted molar refractivity (Wildman–Crippen MR) is 40.7 cm³/mol. The Balaban J connectivity index is 2.50. The normalized spacial score (nSPS) is 13.4. The Hall–Kier alpha value is -0.760. The van der Waals surface area contributed by atoms with Gasteiger partial charge in [-0.25, -0.2) is 0 Å². The van der Waals surface area contributed by atoms with Crippen LogP contribution in [-0.4, -0.2) is 10.1 Å². The molecule has 0 aromatic carbocycles. The zero-order valence-corrected chi connectivity index (χ0v) is 6.17. The van der Waals surface area contributed by atoms with E-state index in [1.165, 1.54) is 0 Å². The molecule has 1 unspecified atom stereocenters. The molecule has 0 aliphatic heterocycles. The Morgan fingerprint density at radius 3 is 3.00 bits per heavy atom. The monoisotopic (exact) mass is 139 g/mol. The first-order chi connectivity index (χ1) is 4.84. The Morgan fingerprint density at radius 1 is 1.70 bits per heavy atom. The zero-order chi connectivity index (χ0) is 7.40. The zero-order valence-electron chi connectivity index (χ0n) is 6.17. The van der Waals surface area contributed by atoms with Gasteiger partial charge in [-0.05, 0) is 18.1 Å². The number of H-pyrrole nitrogens is 1. The van der Waals surface area contributed by atoms with Crippen molar-refractivity contribution in [3.05, 3.63) is 24.0 Å². The molecule has 0 bridgehead atoms. The SMILES string of the molecule is CCCC(O)c1cc[nH]c1. The van der Waals surface area contributed by atoms with Gasteiger partial charge in [0, 0.05) is 12.4 Å². The maximum Gasteiger partial charge on any atom is 0.0804 e. The van der Waals surface area contributed by atoms with Crippen LogP contribution >= 0.6 is 0 Å². The number of aromatic amines is 1. The van der Waals surface area contributed by atoms with E-state index in [0.717, 1.165) is 18.4 Å². The van der Waals surface area contributed by atoms with Crippen molar-refractivity contribution in [1.29, 1.82) is 0 Å². The Bertz CT molecular complexity index is 169. The molecule has 1 heterocycles. The molecule has 2 heteroatoms. The minimum atomic E-state index is -0.281. The summed E-state index contributed by atoms with van der Waals surface area (Å²) in [6.45, 7) is 2.07. The highest BCUT2D eigenvalue weighted by atomic mass is 16.3. The van der Waals surface area contributed by atoms with E-state index in [1.54, 1.807) is 0 Å². The molecule has 2 nitrogen and oxygen atoms in total. The van der Waals surface area contributed by atoms with Gasteiger partial charge in [0.25, 0.3) is 0 Å². The van der Waals surface area contributed by atoms with Crippen LogP contribution in [0.25, 0.3) is 0 Å². The van der Waals surface area contributed by atoms with Gasteiger partial charge >= 0.3 is 0 Å². The van der Waals surface area contributed by atoms with Crippen LogP contribution in [0.5, 0.6) is 0 Å². The first kappa shape index (κ1) is 7.35. The minimum absolute atomic E-state index is 0.281. The van der Waals surface area contributed by atoms with Gasteiger partial charge in [0.2, 0.25) is 0 Å². The van der Waals surface area contributed by atoms with Crippen molar-refractivity contribution in [2.24, 2.45) is 0 Å². The Labute approximate surface area is 60.9 Å². The van der Waals surface area contributed by atoms with Crippen LogP contribution in [-0.2, 0) is 0 Å². The van der Waals surface area contributed by atoms with Crippen molar-refractivity contribution in [2.45, 2.75) is 25.9 Å². The van der Waals surface area contributed by atoms with Crippen LogP contribution in [0.4, 0.5) is 0 Å². The molecule has 0 fully saturated rings. The second kappa shape index (κ2) is 3.42. The summed E-state index contributed by atoms with van der Waals surface area (Å²) in [6, 6.07) is 1.90. The van der Waals surface area contributed by atoms with Crippen molar-refractivity contribution >= 4 is 0 Å². The summed E-state index contributed by atoms with van der Waals surface area (Å²) in [7, 11) is 0. The second-order valence-corrected chi connectivity index (χ2v) is 2.45. The van der Waals surface area contributed by atoms with Crippen LogP contribution in [0.2, 0.25) is 0 Å². The standard InChI is InChI=1S/C8H13NO/c1-2-3-8(10)7-4-5-9-6-7/h4-6,8-10H,2-3H2,1H3. The van der Waals surface area contributed by atoms with E-state index < -0.39 is 0 Å². The molecule has 0 amide bonds. The lowest BCUT2D eigenvalue weighted by molar-refractivity contribution is 0.166. The molecular weight excluding hydrogens is 126 g/mol. The summed E-state index contributed by atoms with van der Waals surface area (Å²) >= 11 is 0. The number of aliphatic hydroxyl groups is 1. The van der Waals surface area contributed by atoms with E-state index >= 15 is 0 Å². The van der Waals surface area contributed by atoms with Crippen LogP contribution < -0.4 is 0 Å². The topological polar surface area (TPSA) is 36.0 Å². The lowest BCUT2D eigenvalue weighted by Gasteiger charge is -2.04. The summed E-state index contributed by atoms with van der Waals surface area (Å²) in [5.41, 5.74) is 0.988. The van der Waals surface area contributed by atoms with Crippen LogP contribution in [0.3, 0.4) is 0 Å². The van der Waals surface area contributed by atoms with E-state index in [-0.39, 0.29) is 6.10 Å². The first-order valence-electron chi connectivity index (χ1n) is 3.65. The van der Waals surface area contributed by atoms with Gasteiger partial charge in [0.15, 0.2) is 0 Å². The van der Waals surface area contributed by atoms with E-state index in [2.05, 4.69) is 11.9 Å². The molecule has 2 N–H and O–H groups in total. The maximum absolute atomic E-state index is 9.39. The molecule has 1 atom stereocenters. The molecule has 1 rings (SSSR count). The third-order valence-electron chi connectivity index (χ3n) is 1.57. The highest BCUT2D eigenvalue weighted by Crippen LogP contribution is 2.16. The predicted octanol–water partition coefficient (Wildman–Crippen LogP) is 1.85. The third kappa shape index (κ3) is 1.61. The molecule has 0 radical (unpaired) electrons. The van der Waals surface area contributed by atoms with E-state index in [4.69, 9.17) is 0 Å². The fourth-order valence-corrected chi connectivity index (χ4v) is 0.984. The highest BCUT2D eigenvalue weighted by Gasteiger charge is 2.04. The number of rotatable bonds is 3. The van der Waals surface area contributed by atoms with Gasteiger partial charge in [0.05, 0.1) is 6.10 Å². The fraction of sp³-hybridized carbons (Fsp3) is 0.500. The van der Waals surface area contributed by atoms with Gasteiger partial charge in [-0.1, -0.05) is 13.3 Å². The Morgan fingerprint density at radius 2 is 2.50 bits per heavy atom. The molecule has 0 aliphatic rings. The van der Waals surface area contributed by atoms with Crippen molar-refractivity contribution in [3.8, 4) is 0 Å². The number of hydrogen-bond donors (Lipinski definition) is 2. The van der Waals surface area contributed by atoms with Gasteiger partial charge in [-0.3, -0.25) is 0 Å². The second-order valence-electron chi connectivity index (χ2n) is 2.45. The summed E-state index contributed by atoms with van der Waals surface area (Å²) in [5, 5.41) is 9.39. The van der Waals surface area contributed by atoms with Crippen LogP contribution in [0.1, 0.15) is 31.4 Å². The number of aromatic nitrogens is 1. The van der Waals surface area contributed by atoms with Gasteiger partial charge in [-0.2, -0.15) is 0 Å². The lowest BCUT2D eigenvalue weighted by atomic mass is 10.1. The van der Waals surface area contributed by atoms with Crippen molar-refractivity contribution in [1.82, 2.24) is 4.98 Å². The average molecular weight is 139 g/mol. The van der Waals surface area contributed by atoms with Crippen molar-refractivity contribution in [3.63, 3.8) is 0 Å². The van der Waals surface area contributed by atoms with E-state index in [9.17, 15) is 5.11 Å². The highest BCUT2D eigenvalue weighted by molar-refractivity contribution is 5.11. The molecule has 1 aromatic rings. The molecule has 10 heavy (non-hydrogen) atoms. The van der Waals surface area contributed by atoms with Crippen molar-refractivity contribution in [2.75, 3.05) is 0 Å². The first-order valence-corrected chi connectivity index (χ1v) is 3.65. The molecule has 1 aromatic heterocycles. The van der Waals surface area contributed by atoms with Gasteiger partial charge in [0.1, 0.15) is 0 Å². The smallest absolute Gasteiger partial charge is 0.0804 e. The van der Waals surface area contributed by atoms with Gasteiger partial charge < -0.3 is 10.1 Å². The summed E-state index contributed by atoms with van der Waals surface area (Å²) in [5.74, 6) is 0. The molecule has 0 saturated heterocycles. The van der Waals surface area contributed by atoms with Crippen molar-refractivity contribution < 1.29 is 5.11 Å². The Kier molecular flexibility index (Phi) is 2.51. The van der Waals surface area contributed by atoms with E-state index in [0.29, 0.717) is 0 Å². The maximum atomic E-state index is 9.39. The molecular formula is C8H13NO. The lowest BCUT2D eigenvalue weighted by Crippen LogP contribution is -1.93. The molecule has 0 saturated carbocycles. The quantitative estimate of drug-likeness (QED) is 0.658. The largest absolute Gasteiger partial charge is 0.388 e. The molecule has 56 valence electrons. The average Bonchev–Trinajstić information content (AvgIpc) is 2.38. The summed E-state index contributed by atoms with van der Waals surface area (Å²) in [6.07, 6.45) is 5.25. The van der Waals surface area contributed by atoms with Crippen LogP contribution in [0.15, 0.2) is 18.5 Å². The minimum Gasteiger partial charge on any atom is -0.388 e.